The van der Waals surface area contributed by atoms with Crippen LogP contribution in [0.5, 0.6) is 11.5 Å². The Balaban J connectivity index is 1.31. The number of hydrogen-bond acceptors (Lipinski definition) is 6. The molecule has 0 spiro atoms. The van der Waals surface area contributed by atoms with Crippen molar-refractivity contribution in [2.45, 2.75) is 6.92 Å². The summed E-state index contributed by atoms with van der Waals surface area (Å²) in [6, 6.07) is 22.4. The molecule has 158 valence electrons. The lowest BCUT2D eigenvalue weighted by atomic mass is 10.1. The summed E-state index contributed by atoms with van der Waals surface area (Å²) in [7, 11) is 0. The Morgan fingerprint density at radius 1 is 0.906 bits per heavy atom. The fourth-order valence-electron chi connectivity index (χ4n) is 3.33. The van der Waals surface area contributed by atoms with Crippen LogP contribution in [-0.2, 0) is 0 Å². The first kappa shape index (κ1) is 19.6. The van der Waals surface area contributed by atoms with E-state index in [-0.39, 0.29) is 12.7 Å². The minimum atomic E-state index is -0.226. The van der Waals surface area contributed by atoms with E-state index in [0.29, 0.717) is 34.4 Å². The number of carbonyl (C=O) groups is 1. The Kier molecular flexibility index (Phi) is 5.13. The van der Waals surface area contributed by atoms with Gasteiger partial charge in [0.05, 0.1) is 0 Å². The lowest BCUT2D eigenvalue weighted by Gasteiger charge is -2.10. The highest BCUT2D eigenvalue weighted by atomic mass is 16.7. The van der Waals surface area contributed by atoms with Crippen LogP contribution in [0.2, 0.25) is 0 Å². The molecule has 0 radical (unpaired) electrons. The van der Waals surface area contributed by atoms with Crippen molar-refractivity contribution < 1.29 is 14.3 Å². The molecule has 0 fully saturated rings. The second kappa shape index (κ2) is 8.39. The number of anilines is 3. The van der Waals surface area contributed by atoms with Crippen molar-refractivity contribution in [3.05, 3.63) is 90.1 Å². The molecule has 2 heterocycles. The lowest BCUT2D eigenvalue weighted by molar-refractivity contribution is 0.102. The number of rotatable bonds is 5. The Morgan fingerprint density at radius 2 is 1.75 bits per heavy atom. The second-order valence-corrected chi connectivity index (χ2v) is 7.36. The van der Waals surface area contributed by atoms with Gasteiger partial charge in [-0.05, 0) is 43.3 Å². The highest BCUT2D eigenvalue weighted by molar-refractivity contribution is 6.05. The largest absolute Gasteiger partial charge is 0.454 e. The third kappa shape index (κ3) is 4.22. The van der Waals surface area contributed by atoms with Gasteiger partial charge >= 0.3 is 0 Å². The molecular formula is C25H20N4O3. The number of nitrogens with one attached hydrogen (secondary N) is 2. The molecule has 3 aromatic carbocycles. The third-order valence-corrected chi connectivity index (χ3v) is 4.99. The highest BCUT2D eigenvalue weighted by Crippen LogP contribution is 2.34. The number of carbonyl (C=O) groups excluding carboxylic acids is 1. The van der Waals surface area contributed by atoms with E-state index in [4.69, 9.17) is 9.47 Å². The molecule has 1 amide bonds. The minimum absolute atomic E-state index is 0.190. The van der Waals surface area contributed by atoms with E-state index in [0.717, 1.165) is 11.3 Å². The summed E-state index contributed by atoms with van der Waals surface area (Å²) in [6.45, 7) is 2.23. The molecule has 0 aliphatic carbocycles. The number of nitrogens with zero attached hydrogens (tertiary/aromatic N) is 2. The van der Waals surface area contributed by atoms with Crippen LogP contribution in [0.1, 0.15) is 15.9 Å². The van der Waals surface area contributed by atoms with Gasteiger partial charge in [-0.15, -0.1) is 0 Å². The molecule has 2 N–H and O–H groups in total. The zero-order chi connectivity index (χ0) is 21.9. The summed E-state index contributed by atoms with van der Waals surface area (Å²) in [6.07, 6.45) is 1.71. The summed E-state index contributed by atoms with van der Waals surface area (Å²) in [5, 5.41) is 6.14. The molecular weight excluding hydrogens is 404 g/mol. The number of aryl methyl sites for hydroxylation is 1. The Bertz CT molecular complexity index is 1290. The SMILES string of the molecule is Cc1ccc(-c2nccc(Nc3cccc(C(=O)Nc4ccc5c(c4)OCO5)c3)n2)cc1. The second-order valence-electron chi connectivity index (χ2n) is 7.36. The molecule has 4 aromatic rings. The van der Waals surface area contributed by atoms with Crippen molar-refractivity contribution in [1.82, 2.24) is 9.97 Å². The van der Waals surface area contributed by atoms with Crippen LogP contribution in [0.25, 0.3) is 11.4 Å². The first-order valence-electron chi connectivity index (χ1n) is 10.1. The van der Waals surface area contributed by atoms with E-state index in [1.807, 2.05) is 43.3 Å². The van der Waals surface area contributed by atoms with Crippen molar-refractivity contribution in [3.63, 3.8) is 0 Å². The molecule has 0 bridgehead atoms. The van der Waals surface area contributed by atoms with Crippen LogP contribution in [0, 0.1) is 6.92 Å². The molecule has 0 unspecified atom stereocenters. The summed E-state index contributed by atoms with van der Waals surface area (Å²) < 4.78 is 10.7. The van der Waals surface area contributed by atoms with Crippen LogP contribution in [0.15, 0.2) is 79.0 Å². The average molecular weight is 424 g/mol. The molecule has 7 nitrogen and oxygen atoms in total. The summed E-state index contributed by atoms with van der Waals surface area (Å²) >= 11 is 0. The van der Waals surface area contributed by atoms with Gasteiger partial charge in [0.25, 0.3) is 5.91 Å². The molecule has 5 rings (SSSR count). The zero-order valence-electron chi connectivity index (χ0n) is 17.3. The number of aromatic nitrogens is 2. The van der Waals surface area contributed by atoms with Crippen LogP contribution >= 0.6 is 0 Å². The summed E-state index contributed by atoms with van der Waals surface area (Å²) in [5.41, 5.74) is 4.02. The van der Waals surface area contributed by atoms with Crippen LogP contribution in [0.4, 0.5) is 17.2 Å². The number of fused-ring (bicyclic) bond motifs is 1. The number of ether oxygens (including phenoxy) is 2. The molecule has 1 aromatic heterocycles. The normalized spacial score (nSPS) is 11.8. The van der Waals surface area contributed by atoms with Crippen LogP contribution in [-0.4, -0.2) is 22.7 Å². The smallest absolute Gasteiger partial charge is 0.255 e. The van der Waals surface area contributed by atoms with Crippen LogP contribution < -0.4 is 20.1 Å². The van der Waals surface area contributed by atoms with Crippen molar-refractivity contribution >= 4 is 23.1 Å². The van der Waals surface area contributed by atoms with E-state index < -0.39 is 0 Å². The Labute approximate surface area is 185 Å². The maximum atomic E-state index is 12.7. The number of amides is 1. The van der Waals surface area contributed by atoms with Gasteiger partial charge < -0.3 is 20.1 Å². The topological polar surface area (TPSA) is 85.4 Å². The molecule has 1 aliphatic heterocycles. The summed E-state index contributed by atoms with van der Waals surface area (Å²) in [4.78, 5) is 21.7. The maximum absolute atomic E-state index is 12.7. The van der Waals surface area contributed by atoms with E-state index in [2.05, 4.69) is 20.6 Å². The molecule has 7 heteroatoms. The van der Waals surface area contributed by atoms with Crippen molar-refractivity contribution in [3.8, 4) is 22.9 Å². The van der Waals surface area contributed by atoms with Gasteiger partial charge in [-0.2, -0.15) is 0 Å². The highest BCUT2D eigenvalue weighted by Gasteiger charge is 2.15. The van der Waals surface area contributed by atoms with Crippen molar-refractivity contribution in [2.24, 2.45) is 0 Å². The van der Waals surface area contributed by atoms with Gasteiger partial charge in [0.2, 0.25) is 6.79 Å². The first-order chi connectivity index (χ1) is 15.6. The fraction of sp³-hybridized carbons (Fsp3) is 0.0800. The molecule has 0 saturated carbocycles. The van der Waals surface area contributed by atoms with Crippen LogP contribution in [0.3, 0.4) is 0 Å². The van der Waals surface area contributed by atoms with Crippen molar-refractivity contribution in [2.75, 3.05) is 17.4 Å². The minimum Gasteiger partial charge on any atom is -0.454 e. The zero-order valence-corrected chi connectivity index (χ0v) is 17.3. The van der Waals surface area contributed by atoms with E-state index >= 15 is 0 Å². The fourth-order valence-corrected chi connectivity index (χ4v) is 3.33. The van der Waals surface area contributed by atoms with Gasteiger partial charge in [-0.1, -0.05) is 35.9 Å². The predicted molar refractivity (Wildman–Crippen MR) is 122 cm³/mol. The Hall–Kier alpha value is -4.39. The summed E-state index contributed by atoms with van der Waals surface area (Å²) in [5.74, 6) is 2.33. The van der Waals surface area contributed by atoms with Gasteiger partial charge in [-0.25, -0.2) is 9.97 Å². The van der Waals surface area contributed by atoms with E-state index in [9.17, 15) is 4.79 Å². The van der Waals surface area contributed by atoms with Crippen molar-refractivity contribution in [1.29, 1.82) is 0 Å². The quantitative estimate of drug-likeness (QED) is 0.459. The standard InChI is InChI=1S/C25H20N4O3/c1-16-5-7-17(8-6-16)24-26-12-11-23(29-24)27-19-4-2-3-18(13-19)25(30)28-20-9-10-21-22(14-20)32-15-31-21/h2-14H,15H2,1H3,(H,28,30)(H,26,27,29). The number of hydrogen-bond donors (Lipinski definition) is 2. The van der Waals surface area contributed by atoms with Gasteiger partial charge in [0, 0.05) is 34.8 Å². The van der Waals surface area contributed by atoms with Gasteiger partial charge in [-0.3, -0.25) is 4.79 Å². The monoisotopic (exact) mass is 424 g/mol. The molecule has 0 atom stereocenters. The molecule has 1 aliphatic rings. The van der Waals surface area contributed by atoms with Gasteiger partial charge in [0.1, 0.15) is 5.82 Å². The van der Waals surface area contributed by atoms with E-state index in [1.165, 1.54) is 5.56 Å². The molecule has 0 saturated heterocycles. The van der Waals surface area contributed by atoms with E-state index in [1.54, 1.807) is 42.6 Å². The Morgan fingerprint density at radius 3 is 2.62 bits per heavy atom. The molecule has 32 heavy (non-hydrogen) atoms. The average Bonchev–Trinajstić information content (AvgIpc) is 3.28. The maximum Gasteiger partial charge on any atom is 0.255 e. The third-order valence-electron chi connectivity index (χ3n) is 4.99. The van der Waals surface area contributed by atoms with Gasteiger partial charge in [0.15, 0.2) is 17.3 Å². The lowest BCUT2D eigenvalue weighted by Crippen LogP contribution is -2.12. The predicted octanol–water partition coefficient (Wildman–Crippen LogP) is 5.18. The number of benzene rings is 3. The first-order valence-corrected chi connectivity index (χ1v) is 10.1.